The van der Waals surface area contributed by atoms with E-state index in [-0.39, 0.29) is 17.5 Å². The zero-order valence-corrected chi connectivity index (χ0v) is 15.3. The summed E-state index contributed by atoms with van der Waals surface area (Å²) in [5, 5.41) is 13.2. The van der Waals surface area contributed by atoms with Crippen LogP contribution in [0.2, 0.25) is 0 Å². The Morgan fingerprint density at radius 1 is 1.32 bits per heavy atom. The summed E-state index contributed by atoms with van der Waals surface area (Å²) < 4.78 is 2.32. The van der Waals surface area contributed by atoms with Crippen LogP contribution in [0.3, 0.4) is 0 Å². The molecule has 0 aliphatic carbocycles. The summed E-state index contributed by atoms with van der Waals surface area (Å²) in [6, 6.07) is 5.14. The van der Waals surface area contributed by atoms with Gasteiger partial charge in [0.2, 0.25) is 5.91 Å². The Kier molecular flexibility index (Phi) is 4.95. The van der Waals surface area contributed by atoms with Crippen LogP contribution >= 0.6 is 27.5 Å². The van der Waals surface area contributed by atoms with Crippen molar-refractivity contribution in [2.45, 2.75) is 6.92 Å². The Morgan fingerprint density at radius 3 is 2.88 bits per heavy atom. The molecule has 128 valence electrons. The van der Waals surface area contributed by atoms with Gasteiger partial charge in [-0.2, -0.15) is 0 Å². The van der Waals surface area contributed by atoms with Crippen LogP contribution in [-0.4, -0.2) is 37.5 Å². The van der Waals surface area contributed by atoms with E-state index in [0.29, 0.717) is 22.6 Å². The highest BCUT2D eigenvalue weighted by molar-refractivity contribution is 9.10. The lowest BCUT2D eigenvalue weighted by Crippen LogP contribution is -2.16. The molecule has 3 rings (SSSR count). The van der Waals surface area contributed by atoms with Gasteiger partial charge in [0.1, 0.15) is 5.88 Å². The van der Waals surface area contributed by atoms with E-state index < -0.39 is 5.91 Å². The number of aromatic nitrogens is 4. The molecule has 25 heavy (non-hydrogen) atoms. The largest absolute Gasteiger partial charge is 0.324 e. The number of nitrogens with one attached hydrogen (secondary N) is 2. The van der Waals surface area contributed by atoms with Crippen molar-refractivity contribution in [1.82, 2.24) is 19.8 Å². The van der Waals surface area contributed by atoms with E-state index in [2.05, 4.69) is 41.9 Å². The minimum Gasteiger partial charge on any atom is -0.324 e. The van der Waals surface area contributed by atoms with E-state index in [1.54, 1.807) is 31.3 Å². The van der Waals surface area contributed by atoms with Crippen molar-refractivity contribution in [3.8, 4) is 0 Å². The number of hydrogen-bond donors (Lipinski definition) is 2. The number of pyridine rings is 2. The normalized spacial score (nSPS) is 10.7. The van der Waals surface area contributed by atoms with Gasteiger partial charge in [0.05, 0.1) is 28.8 Å². The van der Waals surface area contributed by atoms with Crippen LogP contribution in [0.4, 0.5) is 11.4 Å². The third-order valence-corrected chi connectivity index (χ3v) is 4.04. The number of fused-ring (bicyclic) bond motifs is 1. The first kappa shape index (κ1) is 17.3. The molecule has 3 aromatic heterocycles. The Labute approximate surface area is 155 Å². The fraction of sp³-hybridized carbons (Fsp3) is 0.133. The lowest BCUT2D eigenvalue weighted by molar-refractivity contribution is -0.113. The minimum absolute atomic E-state index is 0.169. The number of aryl methyl sites for hydroxylation is 1. The molecule has 0 saturated carbocycles. The first-order valence-electron chi connectivity index (χ1n) is 7.12. The second-order valence-corrected chi connectivity index (χ2v) is 6.29. The lowest BCUT2D eigenvalue weighted by Gasteiger charge is -2.09. The van der Waals surface area contributed by atoms with Gasteiger partial charge in [0.15, 0.2) is 5.69 Å². The van der Waals surface area contributed by atoms with Crippen molar-refractivity contribution in [3.05, 3.63) is 46.5 Å². The first-order valence-corrected chi connectivity index (χ1v) is 8.45. The summed E-state index contributed by atoms with van der Waals surface area (Å²) in [4.78, 5) is 28.1. The van der Waals surface area contributed by atoms with Crippen LogP contribution in [0.15, 0.2) is 35.1 Å². The summed E-state index contributed by atoms with van der Waals surface area (Å²) in [7, 11) is 0. The number of halogens is 2. The highest BCUT2D eigenvalue weighted by atomic mass is 79.9. The summed E-state index contributed by atoms with van der Waals surface area (Å²) in [5.74, 6) is -0.959. The Hall–Kier alpha value is -2.52. The Morgan fingerprint density at radius 2 is 2.12 bits per heavy atom. The molecule has 0 atom stereocenters. The van der Waals surface area contributed by atoms with E-state index in [4.69, 9.17) is 11.6 Å². The quantitative estimate of drug-likeness (QED) is 0.628. The van der Waals surface area contributed by atoms with Crippen LogP contribution in [0.1, 0.15) is 16.2 Å². The SMILES string of the molecule is Cc1ncc(NC(=O)CCl)cc1NC(=O)c1nnn2cc(Br)ccc12. The number of carbonyl (C=O) groups is 2. The number of carbonyl (C=O) groups excluding carboxylic acids is 2. The maximum atomic E-state index is 12.5. The first-order chi connectivity index (χ1) is 12.0. The molecule has 0 spiro atoms. The number of rotatable bonds is 4. The molecule has 3 heterocycles. The van der Waals surface area contributed by atoms with Crippen molar-refractivity contribution in [2.24, 2.45) is 0 Å². The second kappa shape index (κ2) is 7.16. The molecule has 0 unspecified atom stereocenters. The zero-order chi connectivity index (χ0) is 18.0. The van der Waals surface area contributed by atoms with Crippen LogP contribution in [-0.2, 0) is 4.79 Å². The standard InChI is InChI=1S/C15H12BrClN6O2/c1-8-11(4-10(6-18-8)19-13(24)5-17)20-15(25)14-12-3-2-9(16)7-23(12)22-21-14/h2-4,6-7H,5H2,1H3,(H,19,24)(H,20,25). The van der Waals surface area contributed by atoms with Gasteiger partial charge in [0.25, 0.3) is 5.91 Å². The molecule has 0 saturated heterocycles. The summed E-state index contributed by atoms with van der Waals surface area (Å²) in [6.45, 7) is 1.74. The Bertz CT molecular complexity index is 974. The molecule has 0 fully saturated rings. The number of amides is 2. The smallest absolute Gasteiger partial charge is 0.278 e. The predicted octanol–water partition coefficient (Wildman–Crippen LogP) is 2.62. The average molecular weight is 424 g/mol. The highest BCUT2D eigenvalue weighted by Crippen LogP contribution is 2.20. The molecule has 0 aliphatic heterocycles. The zero-order valence-electron chi connectivity index (χ0n) is 13.0. The molecular weight excluding hydrogens is 412 g/mol. The van der Waals surface area contributed by atoms with Gasteiger partial charge >= 0.3 is 0 Å². The van der Waals surface area contributed by atoms with Gasteiger partial charge < -0.3 is 10.6 Å². The summed E-state index contributed by atoms with van der Waals surface area (Å²) >= 11 is 8.80. The molecule has 8 nitrogen and oxygen atoms in total. The molecule has 0 bridgehead atoms. The molecule has 0 aliphatic rings. The molecule has 2 N–H and O–H groups in total. The minimum atomic E-state index is -0.428. The van der Waals surface area contributed by atoms with Gasteiger partial charge in [-0.3, -0.25) is 14.6 Å². The second-order valence-electron chi connectivity index (χ2n) is 5.11. The van der Waals surface area contributed by atoms with Crippen molar-refractivity contribution < 1.29 is 9.59 Å². The Balaban J connectivity index is 1.87. The average Bonchev–Trinajstić information content (AvgIpc) is 3.00. The number of alkyl halides is 1. The van der Waals surface area contributed by atoms with Crippen molar-refractivity contribution in [1.29, 1.82) is 0 Å². The molecule has 0 aromatic carbocycles. The van der Waals surface area contributed by atoms with Crippen LogP contribution in [0.5, 0.6) is 0 Å². The van der Waals surface area contributed by atoms with Crippen molar-refractivity contribution in [2.75, 3.05) is 16.5 Å². The predicted molar refractivity (Wildman–Crippen MR) is 97.0 cm³/mol. The highest BCUT2D eigenvalue weighted by Gasteiger charge is 2.16. The third kappa shape index (κ3) is 3.77. The maximum absolute atomic E-state index is 12.5. The van der Waals surface area contributed by atoms with E-state index in [1.165, 1.54) is 10.7 Å². The fourth-order valence-corrected chi connectivity index (χ4v) is 2.53. The maximum Gasteiger partial charge on any atom is 0.278 e. The monoisotopic (exact) mass is 422 g/mol. The van der Waals surface area contributed by atoms with Gasteiger partial charge in [-0.25, -0.2) is 4.52 Å². The van der Waals surface area contributed by atoms with Crippen LogP contribution in [0, 0.1) is 6.92 Å². The van der Waals surface area contributed by atoms with Crippen LogP contribution < -0.4 is 10.6 Å². The summed E-state index contributed by atoms with van der Waals surface area (Å²) in [5.41, 5.74) is 2.23. The molecule has 10 heteroatoms. The topological polar surface area (TPSA) is 101 Å². The van der Waals surface area contributed by atoms with Crippen molar-refractivity contribution >= 4 is 56.2 Å². The van der Waals surface area contributed by atoms with E-state index in [0.717, 1.165) is 4.47 Å². The van der Waals surface area contributed by atoms with E-state index in [9.17, 15) is 9.59 Å². The number of anilines is 2. The van der Waals surface area contributed by atoms with Gasteiger partial charge in [0, 0.05) is 10.7 Å². The fourth-order valence-electron chi connectivity index (χ4n) is 2.14. The molecule has 3 aromatic rings. The molecular formula is C15H12BrClN6O2. The van der Waals surface area contributed by atoms with Crippen molar-refractivity contribution in [3.63, 3.8) is 0 Å². The number of hydrogen-bond acceptors (Lipinski definition) is 5. The van der Waals surface area contributed by atoms with Gasteiger partial charge in [-0.15, -0.1) is 16.7 Å². The number of nitrogens with zero attached hydrogens (tertiary/aromatic N) is 4. The molecule has 0 radical (unpaired) electrons. The third-order valence-electron chi connectivity index (χ3n) is 3.33. The molecule has 2 amide bonds. The lowest BCUT2D eigenvalue weighted by atomic mass is 10.2. The van der Waals surface area contributed by atoms with E-state index >= 15 is 0 Å². The van der Waals surface area contributed by atoms with E-state index in [1.807, 2.05) is 0 Å². The van der Waals surface area contributed by atoms with Crippen LogP contribution in [0.25, 0.3) is 5.52 Å². The van der Waals surface area contributed by atoms with Gasteiger partial charge in [-0.05, 0) is 41.1 Å². The summed E-state index contributed by atoms with van der Waals surface area (Å²) in [6.07, 6.45) is 3.19. The van der Waals surface area contributed by atoms with Gasteiger partial charge in [-0.1, -0.05) is 5.21 Å².